The third kappa shape index (κ3) is 2.14. The number of halogens is 2. The van der Waals surface area contributed by atoms with Crippen molar-refractivity contribution >= 4 is 40.1 Å². The maximum absolute atomic E-state index is 11.9. The summed E-state index contributed by atoms with van der Waals surface area (Å²) in [6, 6.07) is 3.76. The Morgan fingerprint density at radius 2 is 2.21 bits per heavy atom. The summed E-state index contributed by atoms with van der Waals surface area (Å²) in [4.78, 5) is 15.9. The average Bonchev–Trinajstić information content (AvgIpc) is 2.72. The number of hydrogen-bond acceptors (Lipinski definition) is 2. The van der Waals surface area contributed by atoms with Gasteiger partial charge in [0, 0.05) is 41.0 Å². The van der Waals surface area contributed by atoms with Gasteiger partial charge in [-0.05, 0) is 34.7 Å². The molecule has 1 aliphatic rings. The minimum absolute atomic E-state index is 0.00161. The Morgan fingerprint density at radius 3 is 2.95 bits per heavy atom. The number of rotatable bonds is 1. The molecule has 2 aromatic heterocycles. The lowest BCUT2D eigenvalue weighted by molar-refractivity contribution is 0.0945. The molecule has 0 saturated carbocycles. The number of aromatic nitrogens is 2. The van der Waals surface area contributed by atoms with Crippen molar-refractivity contribution in [1.82, 2.24) is 14.9 Å². The lowest BCUT2D eigenvalue weighted by Gasteiger charge is -2.14. The molecule has 6 heteroatoms. The fourth-order valence-electron chi connectivity index (χ4n) is 2.40. The summed E-state index contributed by atoms with van der Waals surface area (Å²) in [6.07, 6.45) is 2.59. The van der Waals surface area contributed by atoms with Gasteiger partial charge in [-0.3, -0.25) is 4.79 Å². The minimum atomic E-state index is -0.00161. The van der Waals surface area contributed by atoms with E-state index >= 15 is 0 Å². The van der Waals surface area contributed by atoms with Gasteiger partial charge in [0.2, 0.25) is 0 Å². The Bertz CT molecular complexity index is 681. The monoisotopic (exact) mass is 387 g/mol. The van der Waals surface area contributed by atoms with E-state index in [4.69, 9.17) is 11.6 Å². The van der Waals surface area contributed by atoms with Crippen LogP contribution in [-0.4, -0.2) is 22.0 Å². The highest BCUT2D eigenvalue weighted by Crippen LogP contribution is 2.31. The van der Waals surface area contributed by atoms with E-state index in [1.807, 2.05) is 19.2 Å². The quantitative estimate of drug-likeness (QED) is 0.604. The van der Waals surface area contributed by atoms with Gasteiger partial charge in [-0.1, -0.05) is 11.6 Å². The number of pyridine rings is 1. The van der Waals surface area contributed by atoms with Gasteiger partial charge in [0.15, 0.2) is 0 Å². The van der Waals surface area contributed by atoms with E-state index in [1.54, 1.807) is 6.20 Å². The van der Waals surface area contributed by atoms with Crippen LogP contribution in [0, 0.1) is 3.57 Å². The maximum atomic E-state index is 11.9. The van der Waals surface area contributed by atoms with Gasteiger partial charge in [-0.2, -0.15) is 0 Å². The molecule has 2 aromatic rings. The molecular weight excluding hydrogens is 377 g/mol. The standard InChI is InChI=1S/C13H11ClIN3O/c1-18-10-2-3-16-13(19)8(10)4-11(18)7-5-12(14)17-6-9(7)15/h4-6H,2-3H2,1H3,(H,16,19). The summed E-state index contributed by atoms with van der Waals surface area (Å²) in [7, 11) is 1.98. The fraction of sp³-hybridized carbons (Fsp3) is 0.231. The van der Waals surface area contributed by atoms with Gasteiger partial charge in [0.25, 0.3) is 5.91 Å². The highest BCUT2D eigenvalue weighted by Gasteiger charge is 2.23. The van der Waals surface area contributed by atoms with E-state index in [1.165, 1.54) is 0 Å². The lowest BCUT2D eigenvalue weighted by atomic mass is 10.1. The molecule has 4 nitrogen and oxygen atoms in total. The summed E-state index contributed by atoms with van der Waals surface area (Å²) < 4.78 is 3.09. The molecule has 1 N–H and O–H groups in total. The minimum Gasteiger partial charge on any atom is -0.352 e. The maximum Gasteiger partial charge on any atom is 0.253 e. The molecule has 1 aliphatic heterocycles. The van der Waals surface area contributed by atoms with Crippen LogP contribution in [0.4, 0.5) is 0 Å². The first kappa shape index (κ1) is 12.9. The summed E-state index contributed by atoms with van der Waals surface area (Å²) >= 11 is 8.20. The summed E-state index contributed by atoms with van der Waals surface area (Å²) in [5.41, 5.74) is 3.83. The molecule has 19 heavy (non-hydrogen) atoms. The second-order valence-corrected chi connectivity index (χ2v) is 5.99. The van der Waals surface area contributed by atoms with Gasteiger partial charge in [0.1, 0.15) is 5.15 Å². The molecule has 0 spiro atoms. The van der Waals surface area contributed by atoms with Gasteiger partial charge < -0.3 is 9.88 Å². The van der Waals surface area contributed by atoms with E-state index < -0.39 is 0 Å². The van der Waals surface area contributed by atoms with E-state index in [9.17, 15) is 4.79 Å². The van der Waals surface area contributed by atoms with Crippen molar-refractivity contribution in [1.29, 1.82) is 0 Å². The van der Waals surface area contributed by atoms with Gasteiger partial charge in [0.05, 0.1) is 11.3 Å². The number of carbonyl (C=O) groups excluding carboxylic acids is 1. The second-order valence-electron chi connectivity index (χ2n) is 4.44. The van der Waals surface area contributed by atoms with Gasteiger partial charge >= 0.3 is 0 Å². The highest BCUT2D eigenvalue weighted by atomic mass is 127. The van der Waals surface area contributed by atoms with Crippen LogP contribution in [0.15, 0.2) is 18.3 Å². The number of fused-ring (bicyclic) bond motifs is 1. The van der Waals surface area contributed by atoms with Crippen molar-refractivity contribution in [2.24, 2.45) is 7.05 Å². The third-order valence-corrected chi connectivity index (χ3v) is 4.41. The summed E-state index contributed by atoms with van der Waals surface area (Å²) in [5, 5.41) is 3.32. The predicted molar refractivity (Wildman–Crippen MR) is 82.4 cm³/mol. The SMILES string of the molecule is Cn1c(-c2cc(Cl)ncc2I)cc2c1CCNC2=O. The molecule has 0 bridgehead atoms. The van der Waals surface area contributed by atoms with E-state index in [-0.39, 0.29) is 5.91 Å². The van der Waals surface area contributed by atoms with Crippen LogP contribution in [0.3, 0.4) is 0 Å². The van der Waals surface area contributed by atoms with Crippen molar-refractivity contribution in [3.8, 4) is 11.3 Å². The van der Waals surface area contributed by atoms with Crippen molar-refractivity contribution in [3.05, 3.63) is 38.3 Å². The van der Waals surface area contributed by atoms with Crippen molar-refractivity contribution < 1.29 is 4.79 Å². The second kappa shape index (κ2) is 4.79. The Morgan fingerprint density at radius 1 is 1.42 bits per heavy atom. The molecule has 0 unspecified atom stereocenters. The summed E-state index contributed by atoms with van der Waals surface area (Å²) in [5.74, 6) is -0.00161. The predicted octanol–water partition coefficient (Wildman–Crippen LogP) is 2.63. The molecule has 0 fully saturated rings. The lowest BCUT2D eigenvalue weighted by Crippen LogP contribution is -2.31. The largest absolute Gasteiger partial charge is 0.352 e. The Labute approximate surface area is 129 Å². The van der Waals surface area contributed by atoms with Crippen LogP contribution in [0.5, 0.6) is 0 Å². The Hall–Kier alpha value is -1.08. The third-order valence-electron chi connectivity index (χ3n) is 3.35. The Balaban J connectivity index is 2.21. The van der Waals surface area contributed by atoms with Gasteiger partial charge in [-0.25, -0.2) is 4.98 Å². The van der Waals surface area contributed by atoms with Crippen LogP contribution < -0.4 is 5.32 Å². The van der Waals surface area contributed by atoms with Crippen LogP contribution in [0.2, 0.25) is 5.15 Å². The van der Waals surface area contributed by atoms with Crippen LogP contribution in [0.25, 0.3) is 11.3 Å². The zero-order chi connectivity index (χ0) is 13.6. The zero-order valence-electron chi connectivity index (χ0n) is 10.2. The molecular formula is C13H11ClIN3O. The molecule has 1 amide bonds. The number of carbonyl (C=O) groups is 1. The average molecular weight is 388 g/mol. The first-order chi connectivity index (χ1) is 9.08. The first-order valence-electron chi connectivity index (χ1n) is 5.86. The molecule has 0 aromatic carbocycles. The fourth-order valence-corrected chi connectivity index (χ4v) is 3.13. The van der Waals surface area contributed by atoms with Crippen LogP contribution in [0.1, 0.15) is 16.1 Å². The van der Waals surface area contributed by atoms with Crippen LogP contribution >= 0.6 is 34.2 Å². The van der Waals surface area contributed by atoms with Gasteiger partial charge in [-0.15, -0.1) is 0 Å². The van der Waals surface area contributed by atoms with Crippen LogP contribution in [-0.2, 0) is 13.5 Å². The molecule has 0 aliphatic carbocycles. The van der Waals surface area contributed by atoms with E-state index in [0.717, 1.165) is 32.5 Å². The zero-order valence-corrected chi connectivity index (χ0v) is 13.1. The number of hydrogen-bond donors (Lipinski definition) is 1. The van der Waals surface area contributed by atoms with Crippen molar-refractivity contribution in [2.45, 2.75) is 6.42 Å². The molecule has 0 atom stereocenters. The molecule has 0 saturated heterocycles. The topological polar surface area (TPSA) is 46.9 Å². The van der Waals surface area contributed by atoms with Crippen molar-refractivity contribution in [3.63, 3.8) is 0 Å². The highest BCUT2D eigenvalue weighted by molar-refractivity contribution is 14.1. The number of nitrogens with zero attached hydrogens (tertiary/aromatic N) is 2. The molecule has 3 heterocycles. The first-order valence-corrected chi connectivity index (χ1v) is 7.32. The van der Waals surface area contributed by atoms with E-state index in [2.05, 4.69) is 37.5 Å². The van der Waals surface area contributed by atoms with E-state index in [0.29, 0.717) is 11.7 Å². The molecule has 3 rings (SSSR count). The number of amides is 1. The molecule has 0 radical (unpaired) electrons. The van der Waals surface area contributed by atoms with Crippen molar-refractivity contribution in [2.75, 3.05) is 6.54 Å². The number of nitrogens with one attached hydrogen (secondary N) is 1. The normalized spacial score (nSPS) is 14.2. The Kier molecular flexibility index (Phi) is 3.26. The smallest absolute Gasteiger partial charge is 0.253 e. The molecule has 98 valence electrons. The summed E-state index contributed by atoms with van der Waals surface area (Å²) in [6.45, 7) is 0.692.